The molecule has 0 fully saturated rings. The summed E-state index contributed by atoms with van der Waals surface area (Å²) in [6.07, 6.45) is 0. The monoisotopic (exact) mass is 1070 g/mol. The van der Waals surface area contributed by atoms with E-state index in [2.05, 4.69) is 104 Å². The second kappa shape index (κ2) is 13.7. The van der Waals surface area contributed by atoms with Gasteiger partial charge in [-0.05, 0) is 98.8 Å². The molecule has 25 heteroatoms. The molecular formula is C32H8Br4CuN12O8. The summed E-state index contributed by atoms with van der Waals surface area (Å²) in [6, 6.07) is 10.7. The standard InChI is InChI=1S/C32H8Br4N12O8.Cu/c33-17-1-9-13(5-21(17)45(49)50)29-37-25(9)41-30-14-6-22(46(51)52)18(34)2-10(14)27(38-30)43-32-16-8-24(48(55)56)20(36)4-12(16)28(40-32)44-31-15-7-23(47(53)54)19(35)3-11(15)26(39-31)42-29;/h1-8H;/q-2;+2. The Hall–Kier alpha value is -5.72. The molecule has 3 aromatic heterocycles. The minimum Gasteiger partial charge on any atom is -0.357 e. The number of benzene rings is 4. The van der Waals surface area contributed by atoms with Crippen LogP contribution in [0.5, 0.6) is 0 Å². The van der Waals surface area contributed by atoms with Crippen molar-refractivity contribution in [2.24, 2.45) is 0 Å². The van der Waals surface area contributed by atoms with Gasteiger partial charge in [0.2, 0.25) is 0 Å². The van der Waals surface area contributed by atoms with Gasteiger partial charge in [-0.25, -0.2) is 15.0 Å². The van der Waals surface area contributed by atoms with Crippen LogP contribution in [0, 0.1) is 40.5 Å². The van der Waals surface area contributed by atoms with E-state index >= 15 is 0 Å². The van der Waals surface area contributed by atoms with Gasteiger partial charge in [0.25, 0.3) is 22.7 Å². The first kappa shape index (κ1) is 38.2. The SMILES string of the molecule is O=[N+]([O-])c1cc2c(cc1Br)-c1nc-2nc2nc(nc3[n-]c(nc4[n-]c(n1)c1cc([N+](=O)[O-])c(Br)cc41)c1cc([N+](=O)[O-])c(Br)cc31)-c1cc([N+](=O)[O-])c(Br)cc1-2.[Cu+2]. The van der Waals surface area contributed by atoms with Gasteiger partial charge < -0.3 is 24.9 Å². The van der Waals surface area contributed by atoms with Gasteiger partial charge in [0.05, 0.1) is 49.2 Å². The zero-order chi connectivity index (χ0) is 39.5. The minimum absolute atomic E-state index is 0. The Morgan fingerprint density at radius 2 is 0.649 bits per heavy atom. The maximum atomic E-state index is 12.0. The number of fused-ring (bicyclic) bond motifs is 20. The first-order valence-corrected chi connectivity index (χ1v) is 18.5. The number of nitrogens with zero attached hydrogens (tertiary/aromatic N) is 12. The fraction of sp³-hybridized carbons (Fsp3) is 0. The number of halogens is 4. The van der Waals surface area contributed by atoms with Gasteiger partial charge in [-0.1, -0.05) is 0 Å². The van der Waals surface area contributed by atoms with Crippen LogP contribution in [0.3, 0.4) is 0 Å². The Kier molecular flexibility index (Phi) is 9.20. The molecule has 0 N–H and O–H groups in total. The average molecular weight is 1070 g/mol. The van der Waals surface area contributed by atoms with Crippen molar-refractivity contribution >= 4 is 131 Å². The van der Waals surface area contributed by atoms with Gasteiger partial charge >= 0.3 is 17.1 Å². The van der Waals surface area contributed by atoms with Crippen molar-refractivity contribution in [2.45, 2.75) is 0 Å². The molecule has 0 unspecified atom stereocenters. The van der Waals surface area contributed by atoms with E-state index in [1.165, 1.54) is 48.5 Å². The molecule has 2 aliphatic rings. The zero-order valence-electron chi connectivity index (χ0n) is 27.1. The third kappa shape index (κ3) is 6.13. The molecule has 4 aromatic carbocycles. The van der Waals surface area contributed by atoms with E-state index in [4.69, 9.17) is 0 Å². The number of hydrogen-bond donors (Lipinski definition) is 0. The summed E-state index contributed by atoms with van der Waals surface area (Å²) in [4.78, 5) is 82.8. The molecule has 0 saturated carbocycles. The fourth-order valence-electron chi connectivity index (χ4n) is 6.25. The molecule has 8 bridgehead atoms. The van der Waals surface area contributed by atoms with Crippen LogP contribution in [0.1, 0.15) is 0 Å². The Balaban J connectivity index is 0.00000455. The van der Waals surface area contributed by atoms with Crippen LogP contribution in [0.2, 0.25) is 0 Å². The summed E-state index contributed by atoms with van der Waals surface area (Å²) < 4.78 is 0.358. The first-order valence-electron chi connectivity index (χ1n) is 15.3. The van der Waals surface area contributed by atoms with Crippen LogP contribution in [-0.4, -0.2) is 49.6 Å². The Morgan fingerprint density at radius 3 is 1.00 bits per heavy atom. The molecule has 1 radical (unpaired) electrons. The van der Waals surface area contributed by atoms with Crippen molar-refractivity contribution in [2.75, 3.05) is 0 Å². The van der Waals surface area contributed by atoms with Crippen LogP contribution in [0.25, 0.3) is 89.7 Å². The van der Waals surface area contributed by atoms with Gasteiger partial charge in [0.15, 0.2) is 11.6 Å². The summed E-state index contributed by atoms with van der Waals surface area (Å²) in [5, 5.41) is 49.0. The molecule has 5 heterocycles. The molecule has 0 atom stereocenters. The van der Waals surface area contributed by atoms with E-state index in [1.54, 1.807) is 0 Å². The largest absolute Gasteiger partial charge is 2.00 e. The molecule has 9 rings (SSSR count). The quantitative estimate of drug-likeness (QED) is 0.0904. The summed E-state index contributed by atoms with van der Waals surface area (Å²) in [7, 11) is 0. The average Bonchev–Trinajstić information content (AvgIpc) is 3.84. The van der Waals surface area contributed by atoms with Crippen LogP contribution in [0.4, 0.5) is 22.7 Å². The maximum Gasteiger partial charge on any atom is 2.00 e. The number of nitro groups is 4. The van der Waals surface area contributed by atoms with Crippen LogP contribution in [-0.2, 0) is 17.1 Å². The van der Waals surface area contributed by atoms with E-state index in [0.717, 1.165) is 0 Å². The first-order chi connectivity index (χ1) is 26.7. The summed E-state index contributed by atoms with van der Waals surface area (Å²) in [5.41, 5.74) is -0.592. The van der Waals surface area contributed by atoms with Crippen LogP contribution < -0.4 is 9.97 Å². The van der Waals surface area contributed by atoms with Gasteiger partial charge in [0.1, 0.15) is 0 Å². The van der Waals surface area contributed by atoms with Crippen LogP contribution >= 0.6 is 63.7 Å². The number of rotatable bonds is 4. The number of aromatic nitrogens is 8. The zero-order valence-corrected chi connectivity index (χ0v) is 34.4. The molecule has 0 aliphatic carbocycles. The molecule has 0 spiro atoms. The third-order valence-electron chi connectivity index (χ3n) is 8.76. The molecule has 57 heavy (non-hydrogen) atoms. The molecule has 0 saturated heterocycles. The molecule has 0 amide bonds. The number of hydrogen-bond acceptors (Lipinski definition) is 14. The normalized spacial score (nSPS) is 11.6. The summed E-state index contributed by atoms with van der Waals surface area (Å²) >= 11 is 13.0. The molecular weight excluding hydrogens is 1060 g/mol. The third-order valence-corrected chi connectivity index (χ3v) is 11.3. The Bertz CT molecular complexity index is 3250. The molecule has 7 aromatic rings. The van der Waals surface area contributed by atoms with Crippen molar-refractivity contribution < 1.29 is 36.8 Å². The summed E-state index contributed by atoms with van der Waals surface area (Å²) in [5.74, 6) is -0.219. The van der Waals surface area contributed by atoms with Crippen molar-refractivity contribution in [3.8, 4) is 45.6 Å². The van der Waals surface area contributed by atoms with E-state index in [0.29, 0.717) is 0 Å². The van der Waals surface area contributed by atoms with Crippen molar-refractivity contribution in [1.29, 1.82) is 0 Å². The topological polar surface area (TPSA) is 278 Å². The van der Waals surface area contributed by atoms with E-state index in [-0.39, 0.29) is 147 Å². The predicted octanol–water partition coefficient (Wildman–Crippen LogP) is 8.81. The van der Waals surface area contributed by atoms with Gasteiger partial charge in [-0.15, -0.1) is 0 Å². The molecule has 2 aliphatic heterocycles. The maximum absolute atomic E-state index is 12.0. The van der Waals surface area contributed by atoms with E-state index < -0.39 is 19.7 Å². The van der Waals surface area contributed by atoms with Gasteiger partial charge in [-0.2, -0.15) is 0 Å². The fourth-order valence-corrected chi connectivity index (χ4v) is 8.21. The molecule has 283 valence electrons. The Labute approximate surface area is 357 Å². The smallest absolute Gasteiger partial charge is 0.357 e. The second-order valence-electron chi connectivity index (χ2n) is 11.9. The van der Waals surface area contributed by atoms with Gasteiger partial charge in [0, 0.05) is 79.9 Å². The molecule has 20 nitrogen and oxygen atoms in total. The number of nitro benzene ring substituents is 4. The van der Waals surface area contributed by atoms with Crippen molar-refractivity contribution in [3.63, 3.8) is 0 Å². The predicted molar refractivity (Wildman–Crippen MR) is 211 cm³/mol. The van der Waals surface area contributed by atoms with Crippen molar-refractivity contribution in [3.05, 3.63) is 107 Å². The second-order valence-corrected chi connectivity index (χ2v) is 15.3. The minimum atomic E-state index is -0.606. The van der Waals surface area contributed by atoms with E-state index in [1.807, 2.05) is 0 Å². The van der Waals surface area contributed by atoms with E-state index in [9.17, 15) is 40.5 Å². The summed E-state index contributed by atoms with van der Waals surface area (Å²) in [6.45, 7) is 0. The van der Waals surface area contributed by atoms with Crippen molar-refractivity contribution in [1.82, 2.24) is 39.9 Å². The Morgan fingerprint density at radius 1 is 0.386 bits per heavy atom. The van der Waals surface area contributed by atoms with Crippen LogP contribution in [0.15, 0.2) is 66.4 Å². The van der Waals surface area contributed by atoms with Gasteiger partial charge in [-0.3, -0.25) is 40.5 Å².